The number of aliphatic hydroxyl groups excluding tert-OH is 1. The maximum absolute atomic E-state index is 12.2. The van der Waals surface area contributed by atoms with E-state index in [4.69, 9.17) is 4.42 Å². The Bertz CT molecular complexity index is 1960. The van der Waals surface area contributed by atoms with Crippen molar-refractivity contribution in [1.82, 2.24) is 15.0 Å². The van der Waals surface area contributed by atoms with Crippen molar-refractivity contribution in [2.24, 2.45) is 16.7 Å². The van der Waals surface area contributed by atoms with Crippen LogP contribution in [-0.2, 0) is 36.7 Å². The number of carbonyl (C=O) groups is 1. The fourth-order valence-electron chi connectivity index (χ4n) is 6.10. The number of furan rings is 1. The number of hydrogen-bond donors (Lipinski definition) is 1. The molecule has 3 heterocycles. The molecule has 275 valence electrons. The second-order valence-electron chi connectivity index (χ2n) is 15.5. The third kappa shape index (κ3) is 9.42. The van der Waals surface area contributed by atoms with E-state index in [0.717, 1.165) is 71.0 Å². The number of benzene rings is 2. The first-order valence-corrected chi connectivity index (χ1v) is 18.2. The third-order valence-corrected chi connectivity index (χ3v) is 10.6. The average Bonchev–Trinajstić information content (AvgIpc) is 3.52. The molecule has 0 saturated heterocycles. The molecule has 0 amide bonds. The zero-order valence-corrected chi connectivity index (χ0v) is 34.8. The van der Waals surface area contributed by atoms with E-state index < -0.39 is 0 Å². The fourth-order valence-corrected chi connectivity index (χ4v) is 6.10. The first-order valence-electron chi connectivity index (χ1n) is 18.2. The molecule has 5 aromatic rings. The number of fused-ring (bicyclic) bond motifs is 2. The number of hydrogen-bond acceptors (Lipinski definition) is 6. The van der Waals surface area contributed by atoms with Gasteiger partial charge in [0.2, 0.25) is 0 Å². The Hall–Kier alpha value is -3.67. The van der Waals surface area contributed by atoms with Gasteiger partial charge in [0.25, 0.3) is 0 Å². The molecule has 0 fully saturated rings. The normalized spacial score (nSPS) is 12.5. The van der Waals surface area contributed by atoms with Gasteiger partial charge < -0.3 is 9.52 Å². The van der Waals surface area contributed by atoms with Crippen LogP contribution in [0.5, 0.6) is 0 Å². The van der Waals surface area contributed by atoms with Crippen LogP contribution in [0, 0.1) is 22.8 Å². The van der Waals surface area contributed by atoms with E-state index in [0.29, 0.717) is 5.92 Å². The van der Waals surface area contributed by atoms with Crippen LogP contribution in [0.15, 0.2) is 77.6 Å². The number of aliphatic hydroxyl groups is 1. The van der Waals surface area contributed by atoms with Gasteiger partial charge in [0.1, 0.15) is 17.7 Å². The molecule has 0 aliphatic rings. The molecule has 1 N–H and O–H groups in total. The summed E-state index contributed by atoms with van der Waals surface area (Å²) in [5.41, 5.74) is 6.14. The van der Waals surface area contributed by atoms with E-state index in [1.54, 1.807) is 6.33 Å². The summed E-state index contributed by atoms with van der Waals surface area (Å²) in [7, 11) is 0. The van der Waals surface area contributed by atoms with Gasteiger partial charge in [0, 0.05) is 66.0 Å². The second-order valence-corrected chi connectivity index (χ2v) is 15.5. The molecular formula is C44H56IrN3O3-. The summed E-state index contributed by atoms with van der Waals surface area (Å²) in [5, 5.41) is 13.5. The summed E-state index contributed by atoms with van der Waals surface area (Å²) in [6.07, 6.45) is 12.9. The van der Waals surface area contributed by atoms with Gasteiger partial charge in [-0.15, -0.1) is 29.1 Å². The smallest absolute Gasteiger partial charge is 0.164 e. The van der Waals surface area contributed by atoms with Gasteiger partial charge in [0.15, 0.2) is 5.78 Å². The number of pyridine rings is 1. The number of rotatable bonds is 11. The SMILES string of the molecule is CC(C)Cc1coc2c(-c3cc(-c4[c-]c5ccccc5c(C(C)(C)C)c4)ncn3)cncc12.CCC(C)(CC)C(=O)/C=C(\O)C(C)(CC)CC.[Ir]. The molecule has 0 aliphatic carbocycles. The summed E-state index contributed by atoms with van der Waals surface area (Å²) in [6, 6.07) is 16.2. The molecule has 6 nitrogen and oxygen atoms in total. The van der Waals surface area contributed by atoms with Gasteiger partial charge in [-0.05, 0) is 49.5 Å². The van der Waals surface area contributed by atoms with E-state index in [2.05, 4.69) is 86.0 Å². The Labute approximate surface area is 319 Å². The summed E-state index contributed by atoms with van der Waals surface area (Å²) >= 11 is 0. The second kappa shape index (κ2) is 17.2. The van der Waals surface area contributed by atoms with Crippen LogP contribution in [0.4, 0.5) is 0 Å². The third-order valence-electron chi connectivity index (χ3n) is 10.6. The minimum Gasteiger partial charge on any atom is -0.512 e. The summed E-state index contributed by atoms with van der Waals surface area (Å²) < 4.78 is 5.99. The van der Waals surface area contributed by atoms with Gasteiger partial charge >= 0.3 is 0 Å². The van der Waals surface area contributed by atoms with Crippen LogP contribution in [0.25, 0.3) is 44.3 Å². The van der Waals surface area contributed by atoms with Crippen molar-refractivity contribution < 1.29 is 34.4 Å². The molecule has 3 aromatic heterocycles. The Morgan fingerprint density at radius 3 is 2.12 bits per heavy atom. The van der Waals surface area contributed by atoms with Crippen molar-refractivity contribution in [3.8, 4) is 22.5 Å². The van der Waals surface area contributed by atoms with Gasteiger partial charge in [-0.2, -0.15) is 0 Å². The van der Waals surface area contributed by atoms with Crippen LogP contribution in [0.1, 0.15) is 113 Å². The monoisotopic (exact) mass is 867 g/mol. The van der Waals surface area contributed by atoms with Crippen LogP contribution in [0.2, 0.25) is 0 Å². The number of ketones is 1. The molecule has 51 heavy (non-hydrogen) atoms. The molecule has 5 rings (SSSR count). The summed E-state index contributed by atoms with van der Waals surface area (Å²) in [4.78, 5) is 25.8. The van der Waals surface area contributed by atoms with E-state index >= 15 is 0 Å². The maximum atomic E-state index is 12.2. The molecule has 1 radical (unpaired) electrons. The summed E-state index contributed by atoms with van der Waals surface area (Å²) in [5.74, 6) is 0.828. The Morgan fingerprint density at radius 2 is 1.51 bits per heavy atom. The molecule has 2 aromatic carbocycles. The Balaban J connectivity index is 0.000000335. The molecule has 0 bridgehead atoms. The van der Waals surface area contributed by atoms with E-state index in [1.807, 2.05) is 66.3 Å². The largest absolute Gasteiger partial charge is 0.512 e. The molecule has 0 saturated carbocycles. The standard InChI is InChI=1S/C29H28N3O.C15H28O2.Ir/c1-18(2)10-21-16-33-28-23(21)14-30-15-24(28)27-13-26(31-17-32-27)20-11-19-8-6-7-9-22(19)25(12-20)29(3,4)5;1-7-14(5,8-2)12(16)11-13(17)15(6,9-3)10-4;/h6-9,12-18H,10H2,1-5H3;11,16H,7-10H2,1-6H3;/q-1;;/b;12-11-;. The minimum absolute atomic E-state index is 0. The van der Waals surface area contributed by atoms with Crippen molar-refractivity contribution in [2.45, 2.75) is 114 Å². The number of allylic oxidation sites excluding steroid dienone is 2. The number of aromatic nitrogens is 3. The van der Waals surface area contributed by atoms with E-state index in [1.165, 1.54) is 22.6 Å². The van der Waals surface area contributed by atoms with Crippen LogP contribution in [-0.4, -0.2) is 25.8 Å². The first-order chi connectivity index (χ1) is 23.6. The van der Waals surface area contributed by atoms with E-state index in [-0.39, 0.29) is 47.9 Å². The first kappa shape index (κ1) is 41.7. The van der Waals surface area contributed by atoms with Gasteiger partial charge in [-0.1, -0.05) is 105 Å². The van der Waals surface area contributed by atoms with E-state index in [9.17, 15) is 9.90 Å². The fraction of sp³-hybridized carbons (Fsp3) is 0.455. The zero-order chi connectivity index (χ0) is 36.9. The maximum Gasteiger partial charge on any atom is 0.164 e. The van der Waals surface area contributed by atoms with Crippen LogP contribution < -0.4 is 0 Å². The zero-order valence-electron chi connectivity index (χ0n) is 32.4. The van der Waals surface area contributed by atoms with Crippen molar-refractivity contribution in [2.75, 3.05) is 0 Å². The Kier molecular flexibility index (Phi) is 14.1. The molecule has 0 unspecified atom stereocenters. The number of nitrogens with zero attached hydrogens (tertiary/aromatic N) is 3. The molecule has 0 atom stereocenters. The molecule has 0 spiro atoms. The van der Waals surface area contributed by atoms with Crippen LogP contribution in [0.3, 0.4) is 0 Å². The number of carbonyl (C=O) groups excluding carboxylic acids is 1. The predicted octanol–water partition coefficient (Wildman–Crippen LogP) is 12.0. The van der Waals surface area contributed by atoms with Gasteiger partial charge in [-0.3, -0.25) is 14.8 Å². The Morgan fingerprint density at radius 1 is 0.882 bits per heavy atom. The van der Waals surface area contributed by atoms with Crippen molar-refractivity contribution >= 4 is 27.5 Å². The average molecular weight is 867 g/mol. The molecule has 0 aliphatic heterocycles. The van der Waals surface area contributed by atoms with Crippen LogP contribution >= 0.6 is 0 Å². The predicted molar refractivity (Wildman–Crippen MR) is 207 cm³/mol. The summed E-state index contributed by atoms with van der Waals surface area (Å²) in [6.45, 7) is 23.2. The van der Waals surface area contributed by atoms with Crippen molar-refractivity contribution in [3.63, 3.8) is 0 Å². The van der Waals surface area contributed by atoms with Crippen molar-refractivity contribution in [1.29, 1.82) is 0 Å². The topological polar surface area (TPSA) is 89.1 Å². The molecule has 7 heteroatoms. The van der Waals surface area contributed by atoms with Gasteiger partial charge in [-0.25, -0.2) is 4.98 Å². The molecular weight excluding hydrogens is 811 g/mol. The van der Waals surface area contributed by atoms with Crippen molar-refractivity contribution in [3.05, 3.63) is 90.4 Å². The van der Waals surface area contributed by atoms with Gasteiger partial charge in [0.05, 0.1) is 17.5 Å². The quantitative estimate of drug-likeness (QED) is 0.0808. The minimum atomic E-state index is -0.337.